The van der Waals surface area contributed by atoms with Crippen molar-refractivity contribution in [3.05, 3.63) is 35.4 Å². The molecule has 0 saturated heterocycles. The van der Waals surface area contributed by atoms with E-state index in [4.69, 9.17) is 0 Å². The largest absolute Gasteiger partial charge is 0.388 e. The van der Waals surface area contributed by atoms with E-state index in [1.165, 1.54) is 24.8 Å². The number of aliphatic hydroxyl groups excluding tert-OH is 1. The summed E-state index contributed by atoms with van der Waals surface area (Å²) in [7, 11) is 0. The lowest BCUT2D eigenvalue weighted by Crippen LogP contribution is -2.10. The van der Waals surface area contributed by atoms with Gasteiger partial charge in [-0.3, -0.25) is 0 Å². The predicted molar refractivity (Wildman–Crippen MR) is 76.4 cm³/mol. The van der Waals surface area contributed by atoms with Crippen molar-refractivity contribution in [1.82, 2.24) is 0 Å². The molecule has 0 bridgehead atoms. The van der Waals surface area contributed by atoms with Gasteiger partial charge in [-0.15, -0.1) is 0 Å². The van der Waals surface area contributed by atoms with Crippen LogP contribution in [0.4, 0.5) is 0 Å². The van der Waals surface area contributed by atoms with E-state index >= 15 is 0 Å². The van der Waals surface area contributed by atoms with Crippen molar-refractivity contribution in [3.63, 3.8) is 0 Å². The summed E-state index contributed by atoms with van der Waals surface area (Å²) in [6, 6.07) is 8.55. The Labute approximate surface area is 111 Å². The van der Waals surface area contributed by atoms with E-state index in [2.05, 4.69) is 45.0 Å². The van der Waals surface area contributed by atoms with Crippen molar-refractivity contribution in [3.8, 4) is 0 Å². The summed E-state index contributed by atoms with van der Waals surface area (Å²) in [6.45, 7) is 6.77. The molecule has 1 nitrogen and oxygen atoms in total. The predicted octanol–water partition coefficient (Wildman–Crippen LogP) is 4.35. The van der Waals surface area contributed by atoms with Crippen LogP contribution in [0.3, 0.4) is 0 Å². The smallest absolute Gasteiger partial charge is 0.0818 e. The van der Waals surface area contributed by atoms with Gasteiger partial charge < -0.3 is 5.11 Å². The van der Waals surface area contributed by atoms with Crippen molar-refractivity contribution in [2.75, 3.05) is 0 Å². The second-order valence-electron chi connectivity index (χ2n) is 6.47. The Kier molecular flexibility index (Phi) is 4.45. The number of hydrogen-bond acceptors (Lipinski definition) is 1. The molecule has 0 heterocycles. The van der Waals surface area contributed by atoms with E-state index in [9.17, 15) is 5.11 Å². The molecule has 100 valence electrons. The molecule has 1 aromatic carbocycles. The topological polar surface area (TPSA) is 20.2 Å². The first kappa shape index (κ1) is 13.6. The third kappa shape index (κ3) is 3.35. The normalized spacial score (nSPS) is 25.6. The Morgan fingerprint density at radius 3 is 2.67 bits per heavy atom. The minimum Gasteiger partial charge on any atom is -0.388 e. The zero-order chi connectivity index (χ0) is 13.1. The molecular weight excluding hydrogens is 220 g/mol. The zero-order valence-corrected chi connectivity index (χ0v) is 11.9. The van der Waals surface area contributed by atoms with Gasteiger partial charge in [0.2, 0.25) is 0 Å². The van der Waals surface area contributed by atoms with Gasteiger partial charge >= 0.3 is 0 Å². The maximum atomic E-state index is 10.5. The summed E-state index contributed by atoms with van der Waals surface area (Å²) in [4.78, 5) is 0. The molecule has 3 unspecified atom stereocenters. The maximum absolute atomic E-state index is 10.5. The van der Waals surface area contributed by atoms with Crippen molar-refractivity contribution in [2.24, 2.45) is 17.8 Å². The van der Waals surface area contributed by atoms with Crippen molar-refractivity contribution in [2.45, 2.75) is 52.6 Å². The van der Waals surface area contributed by atoms with Crippen LogP contribution < -0.4 is 0 Å². The highest BCUT2D eigenvalue weighted by atomic mass is 16.3. The molecular formula is C17H26O. The Morgan fingerprint density at radius 1 is 1.28 bits per heavy atom. The number of rotatable bonds is 4. The molecule has 0 spiro atoms. The van der Waals surface area contributed by atoms with Crippen molar-refractivity contribution in [1.29, 1.82) is 0 Å². The summed E-state index contributed by atoms with van der Waals surface area (Å²) in [5, 5.41) is 10.5. The fraction of sp³-hybridized carbons (Fsp3) is 0.647. The van der Waals surface area contributed by atoms with Crippen LogP contribution in [-0.2, 0) is 6.42 Å². The van der Waals surface area contributed by atoms with Crippen molar-refractivity contribution >= 4 is 0 Å². The summed E-state index contributed by atoms with van der Waals surface area (Å²) in [5.41, 5.74) is 2.47. The molecule has 1 aliphatic rings. The van der Waals surface area contributed by atoms with E-state index in [-0.39, 0.29) is 6.10 Å². The third-order valence-corrected chi connectivity index (χ3v) is 4.12. The average molecular weight is 246 g/mol. The van der Waals surface area contributed by atoms with Crippen LogP contribution in [0.15, 0.2) is 24.3 Å². The lowest BCUT2D eigenvalue weighted by atomic mass is 9.91. The standard InChI is InChI=1S/C17H26O/c1-12(2)9-14-5-4-6-15(11-14)17(18)16-8-7-13(3)10-16/h4-6,11-13,16-18H,7-10H2,1-3H3. The molecule has 0 amide bonds. The Hall–Kier alpha value is -0.820. The first-order chi connectivity index (χ1) is 8.56. The third-order valence-electron chi connectivity index (χ3n) is 4.12. The summed E-state index contributed by atoms with van der Waals surface area (Å²) >= 11 is 0. The summed E-state index contributed by atoms with van der Waals surface area (Å²) < 4.78 is 0. The second-order valence-corrected chi connectivity index (χ2v) is 6.47. The highest BCUT2D eigenvalue weighted by molar-refractivity contribution is 5.26. The minimum absolute atomic E-state index is 0.262. The molecule has 1 heteroatoms. The monoisotopic (exact) mass is 246 g/mol. The van der Waals surface area contributed by atoms with Crippen LogP contribution in [-0.4, -0.2) is 5.11 Å². The van der Waals surface area contributed by atoms with Crippen LogP contribution >= 0.6 is 0 Å². The summed E-state index contributed by atoms with van der Waals surface area (Å²) in [5.74, 6) is 1.92. The van der Waals surface area contributed by atoms with E-state index in [1.54, 1.807) is 0 Å². The number of hydrogen-bond donors (Lipinski definition) is 1. The molecule has 1 fully saturated rings. The average Bonchev–Trinajstić information content (AvgIpc) is 2.74. The molecule has 1 aliphatic carbocycles. The van der Waals surface area contributed by atoms with Crippen LogP contribution in [0.5, 0.6) is 0 Å². The minimum atomic E-state index is -0.262. The van der Waals surface area contributed by atoms with Crippen LogP contribution in [0.1, 0.15) is 57.3 Å². The lowest BCUT2D eigenvalue weighted by molar-refractivity contribution is 0.109. The second kappa shape index (κ2) is 5.88. The fourth-order valence-electron chi connectivity index (χ4n) is 3.19. The van der Waals surface area contributed by atoms with Gasteiger partial charge in [-0.25, -0.2) is 0 Å². The van der Waals surface area contributed by atoms with Crippen LogP contribution in [0, 0.1) is 17.8 Å². The van der Waals surface area contributed by atoms with E-state index in [0.717, 1.165) is 17.9 Å². The van der Waals surface area contributed by atoms with Gasteiger partial charge in [0.1, 0.15) is 0 Å². The molecule has 3 atom stereocenters. The molecule has 0 aliphatic heterocycles. The molecule has 2 rings (SSSR count). The maximum Gasteiger partial charge on any atom is 0.0818 e. The highest BCUT2D eigenvalue weighted by Crippen LogP contribution is 2.38. The van der Waals surface area contributed by atoms with Gasteiger partial charge in [0.05, 0.1) is 6.10 Å². The van der Waals surface area contributed by atoms with Gasteiger partial charge in [0, 0.05) is 0 Å². The summed E-state index contributed by atoms with van der Waals surface area (Å²) in [6.07, 6.45) is 4.46. The SMILES string of the molecule is CC(C)Cc1cccc(C(O)C2CCC(C)C2)c1. The first-order valence-electron chi connectivity index (χ1n) is 7.33. The number of benzene rings is 1. The highest BCUT2D eigenvalue weighted by Gasteiger charge is 2.28. The van der Waals surface area contributed by atoms with Gasteiger partial charge in [-0.1, -0.05) is 51.5 Å². The van der Waals surface area contributed by atoms with E-state index in [1.807, 2.05) is 0 Å². The Bertz CT molecular complexity index is 383. The molecule has 0 aromatic heterocycles. The van der Waals surface area contributed by atoms with E-state index in [0.29, 0.717) is 11.8 Å². The van der Waals surface area contributed by atoms with Gasteiger partial charge in [0.25, 0.3) is 0 Å². The molecule has 0 radical (unpaired) electrons. The van der Waals surface area contributed by atoms with E-state index < -0.39 is 0 Å². The molecule has 1 N–H and O–H groups in total. The van der Waals surface area contributed by atoms with Gasteiger partial charge in [0.15, 0.2) is 0 Å². The quantitative estimate of drug-likeness (QED) is 0.837. The van der Waals surface area contributed by atoms with Crippen LogP contribution in [0.25, 0.3) is 0 Å². The zero-order valence-electron chi connectivity index (χ0n) is 11.9. The Morgan fingerprint density at radius 2 is 2.06 bits per heavy atom. The van der Waals surface area contributed by atoms with Gasteiger partial charge in [-0.2, -0.15) is 0 Å². The fourth-order valence-corrected chi connectivity index (χ4v) is 3.19. The molecule has 18 heavy (non-hydrogen) atoms. The van der Waals surface area contributed by atoms with Crippen LogP contribution in [0.2, 0.25) is 0 Å². The Balaban J connectivity index is 2.07. The first-order valence-corrected chi connectivity index (χ1v) is 7.33. The molecule has 1 saturated carbocycles. The lowest BCUT2D eigenvalue weighted by Gasteiger charge is -2.19. The van der Waals surface area contributed by atoms with Crippen molar-refractivity contribution < 1.29 is 5.11 Å². The van der Waals surface area contributed by atoms with Gasteiger partial charge in [-0.05, 0) is 48.1 Å². The number of aliphatic hydroxyl groups is 1. The molecule has 1 aromatic rings.